The summed E-state index contributed by atoms with van der Waals surface area (Å²) in [6.45, 7) is 1.82. The van der Waals surface area contributed by atoms with E-state index in [-0.39, 0.29) is 18.6 Å². The van der Waals surface area contributed by atoms with Gasteiger partial charge in [-0.05, 0) is 24.6 Å². The number of carbonyl (C=O) groups excluding carboxylic acids is 1. The average Bonchev–Trinajstić information content (AvgIpc) is 2.67. The van der Waals surface area contributed by atoms with Crippen LogP contribution in [0, 0.1) is 6.92 Å². The Balaban J connectivity index is 2.08. The number of rotatable bonds is 4. The molecule has 0 aliphatic heterocycles. The molecule has 112 valence electrons. The third-order valence-electron chi connectivity index (χ3n) is 3.13. The highest BCUT2D eigenvalue weighted by Gasteiger charge is 2.30. The minimum atomic E-state index is -4.39. The predicted octanol–water partition coefficient (Wildman–Crippen LogP) is 3.10. The first-order chi connectivity index (χ1) is 9.75. The standard InChI is InChI=1S/C15H15F3N2O/c1-10-6-13(20(2)19-10)9-14(21)8-11-4-3-5-12(7-11)15(16,17)18/h3-7H,8-9H2,1-2H3. The van der Waals surface area contributed by atoms with E-state index in [9.17, 15) is 18.0 Å². The Morgan fingerprint density at radius 2 is 1.95 bits per heavy atom. The van der Waals surface area contributed by atoms with Crippen molar-refractivity contribution in [3.8, 4) is 0 Å². The van der Waals surface area contributed by atoms with E-state index < -0.39 is 11.7 Å². The van der Waals surface area contributed by atoms with E-state index in [0.29, 0.717) is 5.56 Å². The molecular weight excluding hydrogens is 281 g/mol. The van der Waals surface area contributed by atoms with Gasteiger partial charge in [0.05, 0.1) is 11.3 Å². The second-order valence-electron chi connectivity index (χ2n) is 4.99. The van der Waals surface area contributed by atoms with Crippen LogP contribution in [0.15, 0.2) is 30.3 Å². The van der Waals surface area contributed by atoms with E-state index in [4.69, 9.17) is 0 Å². The topological polar surface area (TPSA) is 34.9 Å². The minimum Gasteiger partial charge on any atom is -0.299 e. The van der Waals surface area contributed by atoms with Crippen LogP contribution in [-0.4, -0.2) is 15.6 Å². The smallest absolute Gasteiger partial charge is 0.299 e. The summed E-state index contributed by atoms with van der Waals surface area (Å²) in [6, 6.07) is 6.66. The zero-order valence-electron chi connectivity index (χ0n) is 11.7. The molecule has 0 unspecified atom stereocenters. The number of nitrogens with zero attached hydrogens (tertiary/aromatic N) is 2. The van der Waals surface area contributed by atoms with E-state index in [1.165, 1.54) is 12.1 Å². The second-order valence-corrected chi connectivity index (χ2v) is 4.99. The molecule has 1 aromatic carbocycles. The van der Waals surface area contributed by atoms with E-state index >= 15 is 0 Å². The average molecular weight is 296 g/mol. The molecule has 2 rings (SSSR count). The number of ketones is 1. The van der Waals surface area contributed by atoms with Crippen LogP contribution in [0.5, 0.6) is 0 Å². The highest BCUT2D eigenvalue weighted by Crippen LogP contribution is 2.29. The summed E-state index contributed by atoms with van der Waals surface area (Å²) in [4.78, 5) is 12.0. The summed E-state index contributed by atoms with van der Waals surface area (Å²) in [6.07, 6.45) is -4.25. The van der Waals surface area contributed by atoms with Gasteiger partial charge in [0.15, 0.2) is 0 Å². The fraction of sp³-hybridized carbons (Fsp3) is 0.333. The van der Waals surface area contributed by atoms with Gasteiger partial charge in [0, 0.05) is 25.6 Å². The van der Waals surface area contributed by atoms with Crippen molar-refractivity contribution in [3.05, 3.63) is 52.8 Å². The molecule has 0 aliphatic carbocycles. The summed E-state index contributed by atoms with van der Waals surface area (Å²) in [7, 11) is 1.74. The van der Waals surface area contributed by atoms with Crippen LogP contribution in [0.25, 0.3) is 0 Å². The largest absolute Gasteiger partial charge is 0.416 e. The van der Waals surface area contributed by atoms with E-state index in [2.05, 4.69) is 5.10 Å². The van der Waals surface area contributed by atoms with E-state index in [1.54, 1.807) is 17.8 Å². The quantitative estimate of drug-likeness (QED) is 0.869. The Bertz CT molecular complexity index is 659. The number of aromatic nitrogens is 2. The second kappa shape index (κ2) is 5.71. The minimum absolute atomic E-state index is 0.0197. The molecule has 0 fully saturated rings. The lowest BCUT2D eigenvalue weighted by molar-refractivity contribution is -0.137. The highest BCUT2D eigenvalue weighted by molar-refractivity contribution is 5.82. The van der Waals surface area contributed by atoms with E-state index in [1.807, 2.05) is 6.92 Å². The van der Waals surface area contributed by atoms with Crippen molar-refractivity contribution in [3.63, 3.8) is 0 Å². The van der Waals surface area contributed by atoms with Crippen molar-refractivity contribution in [2.45, 2.75) is 25.9 Å². The number of alkyl halides is 3. The molecule has 0 atom stereocenters. The van der Waals surface area contributed by atoms with Crippen LogP contribution in [0.4, 0.5) is 13.2 Å². The summed E-state index contributed by atoms with van der Waals surface area (Å²) < 4.78 is 39.4. The van der Waals surface area contributed by atoms with Crippen LogP contribution in [-0.2, 0) is 30.9 Å². The molecule has 2 aromatic rings. The molecule has 3 nitrogen and oxygen atoms in total. The summed E-state index contributed by atoms with van der Waals surface area (Å²) in [5.41, 5.74) is 1.20. The van der Waals surface area contributed by atoms with Crippen LogP contribution < -0.4 is 0 Å². The first kappa shape index (κ1) is 15.3. The van der Waals surface area contributed by atoms with Gasteiger partial charge < -0.3 is 0 Å². The number of Topliss-reactive ketones (excluding diaryl/α,β-unsaturated/α-hetero) is 1. The number of hydrogen-bond acceptors (Lipinski definition) is 2. The molecule has 6 heteroatoms. The molecule has 0 saturated heterocycles. The predicted molar refractivity (Wildman–Crippen MR) is 71.8 cm³/mol. The third-order valence-corrected chi connectivity index (χ3v) is 3.13. The van der Waals surface area contributed by atoms with Crippen molar-refractivity contribution in [1.82, 2.24) is 9.78 Å². The van der Waals surface area contributed by atoms with Gasteiger partial charge in [0.25, 0.3) is 0 Å². The van der Waals surface area contributed by atoms with Crippen molar-refractivity contribution >= 4 is 5.78 Å². The summed E-state index contributed by atoms with van der Waals surface area (Å²) in [5.74, 6) is -0.141. The Hall–Kier alpha value is -2.11. The maximum absolute atomic E-state index is 12.6. The van der Waals surface area contributed by atoms with Gasteiger partial charge in [-0.3, -0.25) is 9.48 Å². The van der Waals surface area contributed by atoms with Gasteiger partial charge in [-0.2, -0.15) is 18.3 Å². The molecule has 0 aliphatic rings. The molecule has 0 bridgehead atoms. The molecule has 0 N–H and O–H groups in total. The van der Waals surface area contributed by atoms with Crippen molar-refractivity contribution in [1.29, 1.82) is 0 Å². The van der Waals surface area contributed by atoms with Gasteiger partial charge in [-0.25, -0.2) is 0 Å². The lowest BCUT2D eigenvalue weighted by atomic mass is 10.0. The lowest BCUT2D eigenvalue weighted by Gasteiger charge is -2.08. The van der Waals surface area contributed by atoms with Crippen LogP contribution in [0.1, 0.15) is 22.5 Å². The van der Waals surface area contributed by atoms with Crippen LogP contribution >= 0.6 is 0 Å². The van der Waals surface area contributed by atoms with Gasteiger partial charge in [-0.1, -0.05) is 18.2 Å². The summed E-state index contributed by atoms with van der Waals surface area (Å²) in [5, 5.41) is 4.13. The van der Waals surface area contributed by atoms with Crippen LogP contribution in [0.2, 0.25) is 0 Å². The highest BCUT2D eigenvalue weighted by atomic mass is 19.4. The lowest BCUT2D eigenvalue weighted by Crippen LogP contribution is -2.11. The number of hydrogen-bond donors (Lipinski definition) is 0. The molecule has 0 saturated carbocycles. The molecule has 0 amide bonds. The number of benzene rings is 1. The molecule has 0 spiro atoms. The molecular formula is C15H15F3N2O. The SMILES string of the molecule is Cc1cc(CC(=O)Cc2cccc(C(F)(F)F)c2)n(C)n1. The van der Waals surface area contributed by atoms with Gasteiger partial charge in [-0.15, -0.1) is 0 Å². The van der Waals surface area contributed by atoms with Crippen molar-refractivity contribution in [2.24, 2.45) is 7.05 Å². The number of halogens is 3. The molecule has 21 heavy (non-hydrogen) atoms. The fourth-order valence-corrected chi connectivity index (χ4v) is 2.18. The van der Waals surface area contributed by atoms with Crippen LogP contribution in [0.3, 0.4) is 0 Å². The first-order valence-electron chi connectivity index (χ1n) is 6.43. The fourth-order valence-electron chi connectivity index (χ4n) is 2.18. The molecule has 1 heterocycles. The molecule has 1 aromatic heterocycles. The zero-order chi connectivity index (χ0) is 15.6. The maximum atomic E-state index is 12.6. The number of aryl methyl sites for hydroxylation is 2. The summed E-state index contributed by atoms with van der Waals surface area (Å²) >= 11 is 0. The normalized spacial score (nSPS) is 11.7. The Morgan fingerprint density at radius 3 is 2.52 bits per heavy atom. The Labute approximate surface area is 120 Å². The maximum Gasteiger partial charge on any atom is 0.416 e. The van der Waals surface area contributed by atoms with Gasteiger partial charge in [0.1, 0.15) is 5.78 Å². The monoisotopic (exact) mass is 296 g/mol. The Kier molecular flexibility index (Phi) is 4.16. The zero-order valence-corrected chi connectivity index (χ0v) is 11.7. The van der Waals surface area contributed by atoms with Crippen molar-refractivity contribution < 1.29 is 18.0 Å². The first-order valence-corrected chi connectivity index (χ1v) is 6.43. The van der Waals surface area contributed by atoms with E-state index in [0.717, 1.165) is 23.5 Å². The van der Waals surface area contributed by atoms with Gasteiger partial charge >= 0.3 is 6.18 Å². The number of carbonyl (C=O) groups is 1. The van der Waals surface area contributed by atoms with Gasteiger partial charge in [0.2, 0.25) is 0 Å². The Morgan fingerprint density at radius 1 is 1.24 bits per heavy atom. The van der Waals surface area contributed by atoms with Crippen molar-refractivity contribution in [2.75, 3.05) is 0 Å². The third kappa shape index (κ3) is 3.93. The molecule has 0 radical (unpaired) electrons.